The summed E-state index contributed by atoms with van der Waals surface area (Å²) in [6, 6.07) is 15.1. The van der Waals surface area contributed by atoms with Gasteiger partial charge in [-0.05, 0) is 55.3 Å². The van der Waals surface area contributed by atoms with Crippen molar-refractivity contribution in [2.75, 3.05) is 24.2 Å². The molecule has 0 spiro atoms. The van der Waals surface area contributed by atoms with Crippen LogP contribution in [0.1, 0.15) is 18.4 Å². The Kier molecular flexibility index (Phi) is 7.64. The highest BCUT2D eigenvalue weighted by atomic mass is 35.5. The third-order valence-corrected chi connectivity index (χ3v) is 6.67. The zero-order chi connectivity index (χ0) is 23.2. The molecule has 3 aromatic rings. The van der Waals surface area contributed by atoms with Gasteiger partial charge in [-0.3, -0.25) is 19.1 Å². The molecular weight excluding hydrogens is 460 g/mol. The lowest BCUT2D eigenvalue weighted by atomic mass is 9.97. The van der Waals surface area contributed by atoms with Crippen LogP contribution < -0.4 is 11.1 Å². The highest BCUT2D eigenvalue weighted by molar-refractivity contribution is 7.99. The van der Waals surface area contributed by atoms with Crippen LogP contribution in [0.4, 0.5) is 5.69 Å². The second kappa shape index (κ2) is 10.8. The molecular formula is C23H25ClN6O2S. The summed E-state index contributed by atoms with van der Waals surface area (Å²) in [7, 11) is 0. The highest BCUT2D eigenvalue weighted by Gasteiger charge is 2.23. The van der Waals surface area contributed by atoms with Crippen LogP contribution in [0.25, 0.3) is 5.69 Å². The number of hydrogen-bond donors (Lipinski definition) is 2. The topological polar surface area (TPSA) is 106 Å². The van der Waals surface area contributed by atoms with Crippen molar-refractivity contribution in [3.63, 3.8) is 0 Å². The van der Waals surface area contributed by atoms with Gasteiger partial charge in [0.2, 0.25) is 11.8 Å². The number of amides is 2. The molecule has 1 aromatic heterocycles. The molecule has 10 heteroatoms. The second-order valence-corrected chi connectivity index (χ2v) is 9.35. The van der Waals surface area contributed by atoms with Crippen LogP contribution in [-0.4, -0.2) is 50.3 Å². The monoisotopic (exact) mass is 484 g/mol. The van der Waals surface area contributed by atoms with Gasteiger partial charge in [0.1, 0.15) is 6.33 Å². The summed E-state index contributed by atoms with van der Waals surface area (Å²) in [6.07, 6.45) is 3.44. The van der Waals surface area contributed by atoms with Gasteiger partial charge in [0.05, 0.1) is 17.4 Å². The number of halogens is 1. The van der Waals surface area contributed by atoms with Gasteiger partial charge in [0.25, 0.3) is 0 Å². The highest BCUT2D eigenvalue weighted by Crippen LogP contribution is 2.22. The lowest BCUT2D eigenvalue weighted by molar-refractivity contribution is -0.123. The summed E-state index contributed by atoms with van der Waals surface area (Å²) in [6.45, 7) is 2.41. The maximum absolute atomic E-state index is 12.4. The molecule has 1 fully saturated rings. The van der Waals surface area contributed by atoms with Crippen molar-refractivity contribution < 1.29 is 9.59 Å². The Hall–Kier alpha value is -2.88. The number of piperidine rings is 1. The number of nitrogens with zero attached hydrogens (tertiary/aromatic N) is 4. The van der Waals surface area contributed by atoms with Crippen molar-refractivity contribution >= 4 is 40.9 Å². The number of hydrogen-bond acceptors (Lipinski definition) is 6. The first kappa shape index (κ1) is 23.3. The van der Waals surface area contributed by atoms with Crippen molar-refractivity contribution in [3.05, 3.63) is 65.4 Å². The van der Waals surface area contributed by atoms with Gasteiger partial charge in [0.15, 0.2) is 5.16 Å². The molecule has 1 unspecified atom stereocenters. The predicted molar refractivity (Wildman–Crippen MR) is 129 cm³/mol. The number of rotatable bonds is 8. The zero-order valence-corrected chi connectivity index (χ0v) is 19.6. The summed E-state index contributed by atoms with van der Waals surface area (Å²) in [4.78, 5) is 26.2. The molecule has 3 N–H and O–H groups in total. The molecule has 0 aliphatic carbocycles. The Morgan fingerprint density at radius 1 is 1.21 bits per heavy atom. The molecule has 2 aromatic carbocycles. The molecule has 172 valence electrons. The van der Waals surface area contributed by atoms with E-state index in [1.54, 1.807) is 17.0 Å². The van der Waals surface area contributed by atoms with Gasteiger partial charge in [0, 0.05) is 23.8 Å². The van der Waals surface area contributed by atoms with E-state index in [0.29, 0.717) is 16.7 Å². The van der Waals surface area contributed by atoms with Crippen molar-refractivity contribution in [1.29, 1.82) is 0 Å². The Labute approximate surface area is 201 Å². The van der Waals surface area contributed by atoms with Crippen molar-refractivity contribution in [1.82, 2.24) is 19.7 Å². The quantitative estimate of drug-likeness (QED) is 0.475. The SMILES string of the molecule is NC(=O)C1CCCN(Cc2ccc(NC(=O)CSc3nncn3-c3cccc(Cl)c3)cc2)C1. The summed E-state index contributed by atoms with van der Waals surface area (Å²) >= 11 is 7.37. The largest absolute Gasteiger partial charge is 0.369 e. The Bertz CT molecular complexity index is 1120. The van der Waals surface area contributed by atoms with E-state index in [1.807, 2.05) is 42.5 Å². The maximum Gasteiger partial charge on any atom is 0.234 e. The fourth-order valence-corrected chi connectivity index (χ4v) is 4.75. The van der Waals surface area contributed by atoms with E-state index in [9.17, 15) is 9.59 Å². The molecule has 1 saturated heterocycles. The van der Waals surface area contributed by atoms with E-state index in [2.05, 4.69) is 20.4 Å². The minimum absolute atomic E-state index is 0.0699. The fraction of sp³-hybridized carbons (Fsp3) is 0.304. The fourth-order valence-electron chi connectivity index (χ4n) is 3.84. The summed E-state index contributed by atoms with van der Waals surface area (Å²) in [5.41, 5.74) is 8.16. The summed E-state index contributed by atoms with van der Waals surface area (Å²) in [5.74, 6) is -0.224. The van der Waals surface area contributed by atoms with Gasteiger partial charge in [-0.2, -0.15) is 0 Å². The Balaban J connectivity index is 1.28. The lowest BCUT2D eigenvalue weighted by Gasteiger charge is -2.31. The Morgan fingerprint density at radius 2 is 2.03 bits per heavy atom. The normalized spacial score (nSPS) is 16.5. The number of primary amides is 1. The number of nitrogens with two attached hydrogens (primary N) is 1. The van der Waals surface area contributed by atoms with Gasteiger partial charge in [-0.15, -0.1) is 10.2 Å². The van der Waals surface area contributed by atoms with E-state index in [4.69, 9.17) is 17.3 Å². The minimum atomic E-state index is -0.221. The second-order valence-electron chi connectivity index (χ2n) is 7.97. The molecule has 1 aliphatic rings. The number of nitrogens with one attached hydrogen (secondary N) is 1. The number of thioether (sulfide) groups is 1. The van der Waals surface area contributed by atoms with Gasteiger partial charge in [-0.25, -0.2) is 0 Å². The standard InChI is InChI=1S/C23H25ClN6O2S/c24-18-4-1-5-20(11-18)30-15-26-28-23(30)33-14-21(31)27-19-8-6-16(7-9-19)12-29-10-2-3-17(13-29)22(25)32/h1,4-9,11,15,17H,2-3,10,12-14H2,(H2,25,32)(H,27,31). The van der Waals surface area contributed by atoms with Crippen LogP contribution in [-0.2, 0) is 16.1 Å². The van der Waals surface area contributed by atoms with Gasteiger partial charge < -0.3 is 11.1 Å². The third-order valence-electron chi connectivity index (χ3n) is 5.49. The molecule has 2 heterocycles. The summed E-state index contributed by atoms with van der Waals surface area (Å²) in [5, 5.41) is 12.2. The first-order valence-electron chi connectivity index (χ1n) is 10.7. The Morgan fingerprint density at radius 3 is 2.79 bits per heavy atom. The minimum Gasteiger partial charge on any atom is -0.369 e. The molecule has 33 heavy (non-hydrogen) atoms. The van der Waals surface area contributed by atoms with Crippen LogP contribution in [0.2, 0.25) is 5.02 Å². The number of aromatic nitrogens is 3. The zero-order valence-electron chi connectivity index (χ0n) is 18.0. The molecule has 2 amide bonds. The average Bonchev–Trinajstić information content (AvgIpc) is 3.28. The van der Waals surface area contributed by atoms with E-state index < -0.39 is 0 Å². The molecule has 8 nitrogen and oxygen atoms in total. The van der Waals surface area contributed by atoms with Crippen LogP contribution in [0.15, 0.2) is 60.0 Å². The molecule has 0 saturated carbocycles. The first-order chi connectivity index (χ1) is 16.0. The van der Waals surface area contributed by atoms with E-state index in [1.165, 1.54) is 11.8 Å². The first-order valence-corrected chi connectivity index (χ1v) is 12.0. The number of benzene rings is 2. The molecule has 0 radical (unpaired) electrons. The van der Waals surface area contributed by atoms with Crippen LogP contribution >= 0.6 is 23.4 Å². The van der Waals surface area contributed by atoms with Crippen LogP contribution in [0.5, 0.6) is 0 Å². The van der Waals surface area contributed by atoms with E-state index >= 15 is 0 Å². The van der Waals surface area contributed by atoms with Crippen molar-refractivity contribution in [2.45, 2.75) is 24.5 Å². The number of carbonyl (C=O) groups is 2. The average molecular weight is 485 g/mol. The maximum atomic E-state index is 12.4. The van der Waals surface area contributed by atoms with Crippen LogP contribution in [0.3, 0.4) is 0 Å². The molecule has 4 rings (SSSR count). The molecule has 1 aliphatic heterocycles. The predicted octanol–water partition coefficient (Wildman–Crippen LogP) is 3.35. The molecule has 0 bridgehead atoms. The van der Waals surface area contributed by atoms with E-state index in [0.717, 1.165) is 42.9 Å². The van der Waals surface area contributed by atoms with E-state index in [-0.39, 0.29) is 23.5 Å². The van der Waals surface area contributed by atoms with Crippen molar-refractivity contribution in [3.8, 4) is 5.69 Å². The molecule has 1 atom stereocenters. The van der Waals surface area contributed by atoms with Gasteiger partial charge >= 0.3 is 0 Å². The summed E-state index contributed by atoms with van der Waals surface area (Å²) < 4.78 is 1.79. The smallest absolute Gasteiger partial charge is 0.234 e. The lowest BCUT2D eigenvalue weighted by Crippen LogP contribution is -2.40. The number of anilines is 1. The van der Waals surface area contributed by atoms with Crippen molar-refractivity contribution in [2.24, 2.45) is 11.7 Å². The number of likely N-dealkylation sites (tertiary alicyclic amines) is 1. The third kappa shape index (κ3) is 6.34. The van der Waals surface area contributed by atoms with Crippen LogP contribution in [0, 0.1) is 5.92 Å². The van der Waals surface area contributed by atoms with Gasteiger partial charge in [-0.1, -0.05) is 41.6 Å². The number of carbonyl (C=O) groups excluding carboxylic acids is 2.